The van der Waals surface area contributed by atoms with Crippen LogP contribution in [0.5, 0.6) is 0 Å². The highest BCUT2D eigenvalue weighted by molar-refractivity contribution is 5.78. The standard InChI is InChI=1S/C14H16N2O/c15-11-13-6-8-16(9-7-13)14(17)10-12-4-2-1-3-5-12/h1-5,13H,6-10H2. The predicted octanol–water partition coefficient (Wildman–Crippen LogP) is 1.99. The molecule has 0 bridgehead atoms. The Labute approximate surface area is 102 Å². The maximum absolute atomic E-state index is 12.0. The van der Waals surface area contributed by atoms with Crippen LogP contribution in [0.3, 0.4) is 0 Å². The second-order valence-electron chi connectivity index (χ2n) is 4.45. The lowest BCUT2D eigenvalue weighted by Crippen LogP contribution is -2.39. The highest BCUT2D eigenvalue weighted by Gasteiger charge is 2.22. The first-order valence-electron chi connectivity index (χ1n) is 6.01. The number of hydrogen-bond donors (Lipinski definition) is 0. The minimum atomic E-state index is 0.135. The summed E-state index contributed by atoms with van der Waals surface area (Å²) in [5.41, 5.74) is 1.06. The molecule has 0 radical (unpaired) electrons. The zero-order valence-corrected chi connectivity index (χ0v) is 9.80. The Balaban J connectivity index is 1.88. The van der Waals surface area contributed by atoms with Crippen LogP contribution in [0.25, 0.3) is 0 Å². The second-order valence-corrected chi connectivity index (χ2v) is 4.45. The minimum Gasteiger partial charge on any atom is -0.342 e. The maximum Gasteiger partial charge on any atom is 0.226 e. The van der Waals surface area contributed by atoms with Crippen LogP contribution in [0, 0.1) is 17.2 Å². The number of hydrogen-bond acceptors (Lipinski definition) is 2. The number of carbonyl (C=O) groups is 1. The maximum atomic E-state index is 12.0. The molecule has 1 aromatic rings. The van der Waals surface area contributed by atoms with Crippen molar-refractivity contribution in [3.8, 4) is 6.07 Å². The van der Waals surface area contributed by atoms with Gasteiger partial charge < -0.3 is 4.90 Å². The van der Waals surface area contributed by atoms with Gasteiger partial charge in [-0.15, -0.1) is 0 Å². The van der Waals surface area contributed by atoms with Crippen LogP contribution < -0.4 is 0 Å². The van der Waals surface area contributed by atoms with E-state index in [4.69, 9.17) is 5.26 Å². The van der Waals surface area contributed by atoms with Gasteiger partial charge in [0.1, 0.15) is 0 Å². The highest BCUT2D eigenvalue weighted by atomic mass is 16.2. The fraction of sp³-hybridized carbons (Fsp3) is 0.429. The van der Waals surface area contributed by atoms with Crippen LogP contribution in [-0.4, -0.2) is 23.9 Å². The molecule has 0 saturated carbocycles. The Bertz CT molecular complexity index is 414. The summed E-state index contributed by atoms with van der Waals surface area (Å²) in [7, 11) is 0. The van der Waals surface area contributed by atoms with Crippen LogP contribution in [0.1, 0.15) is 18.4 Å². The smallest absolute Gasteiger partial charge is 0.226 e. The van der Waals surface area contributed by atoms with E-state index in [-0.39, 0.29) is 11.8 Å². The molecular weight excluding hydrogens is 212 g/mol. The van der Waals surface area contributed by atoms with Crippen LogP contribution in [0.4, 0.5) is 0 Å². The van der Waals surface area contributed by atoms with Gasteiger partial charge in [-0.1, -0.05) is 30.3 Å². The molecule has 0 unspecified atom stereocenters. The summed E-state index contributed by atoms with van der Waals surface area (Å²) in [6.45, 7) is 1.45. The van der Waals surface area contributed by atoms with Gasteiger partial charge in [0.15, 0.2) is 0 Å². The number of nitrogens with zero attached hydrogens (tertiary/aromatic N) is 2. The first-order chi connectivity index (χ1) is 8.29. The van der Waals surface area contributed by atoms with Gasteiger partial charge in [0.05, 0.1) is 12.5 Å². The molecule has 0 spiro atoms. The van der Waals surface area contributed by atoms with E-state index in [2.05, 4.69) is 6.07 Å². The molecule has 0 aromatic heterocycles. The zero-order chi connectivity index (χ0) is 12.1. The van der Waals surface area contributed by atoms with E-state index in [1.807, 2.05) is 35.2 Å². The van der Waals surface area contributed by atoms with Crippen molar-refractivity contribution in [2.75, 3.05) is 13.1 Å². The molecule has 1 heterocycles. The summed E-state index contributed by atoms with van der Waals surface area (Å²) in [5.74, 6) is 0.309. The Morgan fingerprint density at radius 1 is 1.29 bits per heavy atom. The lowest BCUT2D eigenvalue weighted by molar-refractivity contribution is -0.131. The second kappa shape index (κ2) is 5.49. The molecule has 0 aliphatic carbocycles. The highest BCUT2D eigenvalue weighted by Crippen LogP contribution is 2.16. The molecule has 2 rings (SSSR count). The first kappa shape index (κ1) is 11.7. The van der Waals surface area contributed by atoms with Crippen molar-refractivity contribution >= 4 is 5.91 Å². The van der Waals surface area contributed by atoms with Gasteiger partial charge in [0.25, 0.3) is 0 Å². The summed E-state index contributed by atoms with van der Waals surface area (Å²) < 4.78 is 0. The lowest BCUT2D eigenvalue weighted by atomic mass is 9.98. The van der Waals surface area contributed by atoms with E-state index in [0.717, 1.165) is 31.5 Å². The first-order valence-corrected chi connectivity index (χ1v) is 6.01. The molecule has 88 valence electrons. The zero-order valence-electron chi connectivity index (χ0n) is 9.80. The number of nitriles is 1. The summed E-state index contributed by atoms with van der Waals surface area (Å²) in [4.78, 5) is 13.9. The number of carbonyl (C=O) groups excluding carboxylic acids is 1. The van der Waals surface area contributed by atoms with Crippen LogP contribution >= 0.6 is 0 Å². The van der Waals surface area contributed by atoms with E-state index >= 15 is 0 Å². The van der Waals surface area contributed by atoms with E-state index in [1.54, 1.807) is 0 Å². The largest absolute Gasteiger partial charge is 0.342 e. The van der Waals surface area contributed by atoms with Crippen LogP contribution in [0.2, 0.25) is 0 Å². The Kier molecular flexibility index (Phi) is 3.77. The van der Waals surface area contributed by atoms with Crippen molar-refractivity contribution in [2.24, 2.45) is 5.92 Å². The molecule has 1 amide bonds. The van der Waals surface area contributed by atoms with Gasteiger partial charge >= 0.3 is 0 Å². The quantitative estimate of drug-likeness (QED) is 0.777. The van der Waals surface area contributed by atoms with Crippen molar-refractivity contribution < 1.29 is 4.79 Å². The third-order valence-electron chi connectivity index (χ3n) is 3.23. The number of benzene rings is 1. The lowest BCUT2D eigenvalue weighted by Gasteiger charge is -2.29. The molecular formula is C14H16N2O. The number of piperidine rings is 1. The SMILES string of the molecule is N#CC1CCN(C(=O)Cc2ccccc2)CC1. The van der Waals surface area contributed by atoms with Crippen molar-refractivity contribution in [1.82, 2.24) is 4.90 Å². The Morgan fingerprint density at radius 3 is 2.53 bits per heavy atom. The number of rotatable bonds is 2. The Morgan fingerprint density at radius 2 is 1.94 bits per heavy atom. The fourth-order valence-electron chi connectivity index (χ4n) is 2.14. The molecule has 1 aliphatic heterocycles. The van der Waals surface area contributed by atoms with Gasteiger partial charge in [-0.05, 0) is 18.4 Å². The molecule has 1 aromatic carbocycles. The van der Waals surface area contributed by atoms with Crippen molar-refractivity contribution in [3.05, 3.63) is 35.9 Å². The van der Waals surface area contributed by atoms with Crippen LogP contribution in [0.15, 0.2) is 30.3 Å². The molecule has 0 atom stereocenters. The predicted molar refractivity (Wildman–Crippen MR) is 65.1 cm³/mol. The number of amides is 1. The third-order valence-corrected chi connectivity index (χ3v) is 3.23. The van der Waals surface area contributed by atoms with E-state index < -0.39 is 0 Å². The molecule has 0 N–H and O–H groups in total. The van der Waals surface area contributed by atoms with Gasteiger partial charge in [-0.3, -0.25) is 4.79 Å². The molecule has 17 heavy (non-hydrogen) atoms. The van der Waals surface area contributed by atoms with E-state index in [9.17, 15) is 4.79 Å². The molecule has 3 nitrogen and oxygen atoms in total. The monoisotopic (exact) mass is 228 g/mol. The van der Waals surface area contributed by atoms with Crippen molar-refractivity contribution in [1.29, 1.82) is 5.26 Å². The molecule has 1 aliphatic rings. The summed E-state index contributed by atoms with van der Waals surface area (Å²) in [6, 6.07) is 12.1. The average molecular weight is 228 g/mol. The van der Waals surface area contributed by atoms with Gasteiger partial charge in [0, 0.05) is 19.0 Å². The molecule has 1 fully saturated rings. The number of likely N-dealkylation sites (tertiary alicyclic amines) is 1. The Hall–Kier alpha value is -1.82. The van der Waals surface area contributed by atoms with E-state index in [1.165, 1.54) is 0 Å². The van der Waals surface area contributed by atoms with Gasteiger partial charge in [-0.2, -0.15) is 5.26 Å². The molecule has 3 heteroatoms. The third kappa shape index (κ3) is 3.07. The van der Waals surface area contributed by atoms with Gasteiger partial charge in [0.2, 0.25) is 5.91 Å². The van der Waals surface area contributed by atoms with Crippen LogP contribution in [-0.2, 0) is 11.2 Å². The average Bonchev–Trinajstić information content (AvgIpc) is 2.40. The van der Waals surface area contributed by atoms with E-state index in [0.29, 0.717) is 6.42 Å². The summed E-state index contributed by atoms with van der Waals surface area (Å²) in [5, 5.41) is 8.80. The molecule has 1 saturated heterocycles. The topological polar surface area (TPSA) is 44.1 Å². The summed E-state index contributed by atoms with van der Waals surface area (Å²) >= 11 is 0. The van der Waals surface area contributed by atoms with Crippen molar-refractivity contribution in [2.45, 2.75) is 19.3 Å². The summed E-state index contributed by atoms with van der Waals surface area (Å²) in [6.07, 6.45) is 2.10. The van der Waals surface area contributed by atoms with Crippen molar-refractivity contribution in [3.63, 3.8) is 0 Å². The van der Waals surface area contributed by atoms with Gasteiger partial charge in [-0.25, -0.2) is 0 Å². The minimum absolute atomic E-state index is 0.135. The fourth-order valence-corrected chi connectivity index (χ4v) is 2.14. The normalized spacial score (nSPS) is 16.5.